The average Bonchev–Trinajstić information content (AvgIpc) is 3.16. The molecule has 0 spiro atoms. The molecule has 3 aliphatic rings. The number of methoxy groups -OCH3 is 1. The average molecular weight is 517 g/mol. The predicted octanol–water partition coefficient (Wildman–Crippen LogP) is 5.08. The Morgan fingerprint density at radius 3 is 2.58 bits per heavy atom. The minimum Gasteiger partial charge on any atom is -0.496 e. The minimum absolute atomic E-state index is 0.250. The van der Waals surface area contributed by atoms with Crippen LogP contribution in [-0.2, 0) is 13.1 Å². The molecule has 2 aromatic heterocycles. The Morgan fingerprint density at radius 1 is 1.13 bits per heavy atom. The van der Waals surface area contributed by atoms with Gasteiger partial charge in [-0.1, -0.05) is 37.6 Å². The molecular formula is C30H40N6O2. The van der Waals surface area contributed by atoms with Gasteiger partial charge in [0.1, 0.15) is 16.8 Å². The second-order valence-corrected chi connectivity index (χ2v) is 10.6. The van der Waals surface area contributed by atoms with E-state index in [1.54, 1.807) is 14.0 Å². The zero-order valence-electron chi connectivity index (χ0n) is 22.8. The molecule has 7 rings (SSSR count). The molecule has 4 aromatic rings. The maximum absolute atomic E-state index is 7.57. The smallest absolute Gasteiger partial charge is 0.222 e. The Kier molecular flexibility index (Phi) is 7.72. The number of fused-ring (bicyclic) bond motifs is 3. The summed E-state index contributed by atoms with van der Waals surface area (Å²) in [5.74, 6) is 2.94. The minimum atomic E-state index is 0.250. The molecule has 3 saturated carbocycles. The van der Waals surface area contributed by atoms with Gasteiger partial charge in [-0.3, -0.25) is 0 Å². The number of nitrogens with zero attached hydrogens (tertiary/aromatic N) is 3. The fourth-order valence-electron chi connectivity index (χ4n) is 5.84. The number of anilines is 2. The van der Waals surface area contributed by atoms with Crippen LogP contribution < -0.4 is 21.1 Å². The standard InChI is InChI=1S/C28H34N6O.C2H6O/c1-3-4-11-30-26-25-24(32-27(29)33-26)21-7-5-6-8-22(21)34(25)17-20-12-18(9-10-23(20)35-2)16-31-28-13-19(14-28)15-28;1-2-3/h5-10,12,19,31H,3-4,11,13-17H2,1-2H3,(H3,29,30,32,33);3H,2H2,1H3. The van der Waals surface area contributed by atoms with Crippen LogP contribution in [0.15, 0.2) is 42.5 Å². The Labute approximate surface area is 224 Å². The number of hydrogen-bond acceptors (Lipinski definition) is 7. The molecule has 202 valence electrons. The number of ether oxygens (including phenoxy) is 1. The monoisotopic (exact) mass is 516 g/mol. The zero-order valence-corrected chi connectivity index (χ0v) is 22.8. The summed E-state index contributed by atoms with van der Waals surface area (Å²) in [5.41, 5.74) is 12.0. The fraction of sp³-hybridized carbons (Fsp3) is 0.467. The van der Waals surface area contributed by atoms with Gasteiger partial charge in [0.15, 0.2) is 5.82 Å². The lowest BCUT2D eigenvalue weighted by Crippen LogP contribution is -2.66. The van der Waals surface area contributed by atoms with Gasteiger partial charge in [0.2, 0.25) is 5.95 Å². The van der Waals surface area contributed by atoms with Crippen molar-refractivity contribution < 1.29 is 9.84 Å². The van der Waals surface area contributed by atoms with Crippen LogP contribution in [0.3, 0.4) is 0 Å². The number of benzene rings is 2. The SMILES string of the molecule is CCCCNc1nc(N)nc2c3ccccc3n(Cc3cc(CNC45CC(C4)C5)ccc3OC)c12.CCO. The van der Waals surface area contributed by atoms with Crippen molar-refractivity contribution in [1.29, 1.82) is 0 Å². The summed E-state index contributed by atoms with van der Waals surface area (Å²) >= 11 is 0. The molecule has 2 bridgehead atoms. The first kappa shape index (κ1) is 26.3. The highest BCUT2D eigenvalue weighted by atomic mass is 16.5. The van der Waals surface area contributed by atoms with Crippen molar-refractivity contribution in [2.24, 2.45) is 5.92 Å². The molecule has 0 saturated heterocycles. The normalized spacial score (nSPS) is 19.4. The van der Waals surface area contributed by atoms with Crippen LogP contribution in [-0.4, -0.2) is 45.4 Å². The van der Waals surface area contributed by atoms with E-state index in [1.807, 2.05) is 6.07 Å². The van der Waals surface area contributed by atoms with E-state index >= 15 is 0 Å². The molecule has 8 nitrogen and oxygen atoms in total. The summed E-state index contributed by atoms with van der Waals surface area (Å²) in [5, 5.41) is 16.0. The van der Waals surface area contributed by atoms with Crippen LogP contribution >= 0.6 is 0 Å². The molecule has 3 aliphatic carbocycles. The number of para-hydroxylation sites is 1. The largest absolute Gasteiger partial charge is 0.496 e. The molecule has 3 fully saturated rings. The van der Waals surface area contributed by atoms with E-state index in [4.69, 9.17) is 15.6 Å². The third kappa shape index (κ3) is 5.02. The van der Waals surface area contributed by atoms with Gasteiger partial charge >= 0.3 is 0 Å². The molecule has 0 radical (unpaired) electrons. The van der Waals surface area contributed by atoms with Gasteiger partial charge < -0.3 is 30.8 Å². The van der Waals surface area contributed by atoms with Gasteiger partial charge in [-0.2, -0.15) is 4.98 Å². The second kappa shape index (κ2) is 11.2. The lowest BCUT2D eigenvalue weighted by molar-refractivity contribution is -0.0520. The van der Waals surface area contributed by atoms with E-state index in [0.29, 0.717) is 18.0 Å². The molecule has 38 heavy (non-hydrogen) atoms. The molecule has 0 unspecified atom stereocenters. The third-order valence-corrected chi connectivity index (χ3v) is 7.82. The first-order valence-electron chi connectivity index (χ1n) is 13.8. The summed E-state index contributed by atoms with van der Waals surface area (Å²) in [6.45, 7) is 6.51. The van der Waals surface area contributed by atoms with Crippen LogP contribution in [0.4, 0.5) is 11.8 Å². The summed E-state index contributed by atoms with van der Waals surface area (Å²) < 4.78 is 8.09. The number of aliphatic hydroxyl groups is 1. The van der Waals surface area contributed by atoms with E-state index in [0.717, 1.165) is 70.9 Å². The summed E-state index contributed by atoms with van der Waals surface area (Å²) in [6, 6.07) is 14.9. The summed E-state index contributed by atoms with van der Waals surface area (Å²) in [6.07, 6.45) is 6.20. The Hall–Kier alpha value is -3.36. The van der Waals surface area contributed by atoms with Crippen LogP contribution in [0, 0.1) is 5.92 Å². The molecule has 8 heteroatoms. The number of aliphatic hydroxyl groups excluding tert-OH is 1. The van der Waals surface area contributed by atoms with Crippen molar-refractivity contribution in [1.82, 2.24) is 19.9 Å². The number of nitrogen functional groups attached to an aromatic ring is 1. The first-order valence-corrected chi connectivity index (χ1v) is 13.8. The van der Waals surface area contributed by atoms with Crippen molar-refractivity contribution in [3.63, 3.8) is 0 Å². The van der Waals surface area contributed by atoms with E-state index in [1.165, 1.54) is 24.8 Å². The number of unbranched alkanes of at least 4 members (excludes halogenated alkanes) is 1. The van der Waals surface area contributed by atoms with Crippen LogP contribution in [0.2, 0.25) is 0 Å². The molecule has 0 atom stereocenters. The highest BCUT2D eigenvalue weighted by molar-refractivity contribution is 6.09. The highest BCUT2D eigenvalue weighted by Crippen LogP contribution is 2.57. The van der Waals surface area contributed by atoms with Crippen molar-refractivity contribution >= 4 is 33.7 Å². The lowest BCUT2D eigenvalue weighted by atomic mass is 9.50. The Morgan fingerprint density at radius 2 is 1.89 bits per heavy atom. The van der Waals surface area contributed by atoms with Gasteiger partial charge in [-0.05, 0) is 62.3 Å². The van der Waals surface area contributed by atoms with E-state index in [9.17, 15) is 0 Å². The van der Waals surface area contributed by atoms with Gasteiger partial charge in [-0.15, -0.1) is 0 Å². The highest BCUT2D eigenvalue weighted by Gasteiger charge is 2.55. The quantitative estimate of drug-likeness (QED) is 0.218. The van der Waals surface area contributed by atoms with Crippen molar-refractivity contribution in [2.75, 3.05) is 31.3 Å². The lowest BCUT2D eigenvalue weighted by Gasteiger charge is -2.62. The number of hydrogen-bond donors (Lipinski definition) is 4. The van der Waals surface area contributed by atoms with Crippen LogP contribution in [0.1, 0.15) is 57.1 Å². The first-order chi connectivity index (χ1) is 18.5. The van der Waals surface area contributed by atoms with Crippen LogP contribution in [0.25, 0.3) is 21.9 Å². The third-order valence-electron chi connectivity index (χ3n) is 7.82. The molecular weight excluding hydrogens is 476 g/mol. The molecule has 2 aromatic carbocycles. The molecule has 5 N–H and O–H groups in total. The van der Waals surface area contributed by atoms with Gasteiger partial charge in [0.05, 0.1) is 19.2 Å². The van der Waals surface area contributed by atoms with Gasteiger partial charge in [0.25, 0.3) is 0 Å². The number of nitrogens with two attached hydrogens (primary N) is 1. The Balaban J connectivity index is 0.000000937. The van der Waals surface area contributed by atoms with E-state index < -0.39 is 0 Å². The summed E-state index contributed by atoms with van der Waals surface area (Å²) in [7, 11) is 1.74. The maximum atomic E-state index is 7.57. The van der Waals surface area contributed by atoms with Gasteiger partial charge in [-0.25, -0.2) is 4.98 Å². The summed E-state index contributed by atoms with van der Waals surface area (Å²) in [4.78, 5) is 9.26. The number of aromatic nitrogens is 3. The van der Waals surface area contributed by atoms with Crippen LogP contribution in [0.5, 0.6) is 5.75 Å². The van der Waals surface area contributed by atoms with E-state index in [-0.39, 0.29) is 6.61 Å². The molecule has 0 aliphatic heterocycles. The Bertz CT molecular complexity index is 1400. The molecule has 0 amide bonds. The van der Waals surface area contributed by atoms with Crippen molar-refractivity contribution in [3.8, 4) is 5.75 Å². The van der Waals surface area contributed by atoms with E-state index in [2.05, 4.69) is 68.5 Å². The predicted molar refractivity (Wildman–Crippen MR) is 155 cm³/mol. The zero-order chi connectivity index (χ0) is 26.7. The number of rotatable bonds is 10. The van der Waals surface area contributed by atoms with Crippen molar-refractivity contribution in [3.05, 3.63) is 53.6 Å². The molecule has 2 heterocycles. The number of nitrogens with one attached hydrogen (secondary N) is 2. The maximum Gasteiger partial charge on any atom is 0.222 e. The second-order valence-electron chi connectivity index (χ2n) is 10.6. The topological polar surface area (TPSA) is 110 Å². The van der Waals surface area contributed by atoms with Crippen molar-refractivity contribution in [2.45, 2.75) is 64.6 Å². The fourth-order valence-corrected chi connectivity index (χ4v) is 5.84. The van der Waals surface area contributed by atoms with Gasteiger partial charge in [0, 0.05) is 36.2 Å².